The zero-order valence-electron chi connectivity index (χ0n) is 14.4. The molecule has 0 aromatic heterocycles. The number of aliphatic hydroxyl groups is 1. The van der Waals surface area contributed by atoms with Crippen LogP contribution in [-0.2, 0) is 4.79 Å². The molecule has 3 heterocycles. The van der Waals surface area contributed by atoms with E-state index in [4.69, 9.17) is 0 Å². The van der Waals surface area contributed by atoms with Crippen LogP contribution < -0.4 is 0 Å². The number of carbonyl (C=O) groups is 1. The van der Waals surface area contributed by atoms with E-state index in [0.29, 0.717) is 18.3 Å². The van der Waals surface area contributed by atoms with Gasteiger partial charge in [0.2, 0.25) is 0 Å². The highest BCUT2D eigenvalue weighted by atomic mass is 16.3. The third kappa shape index (κ3) is 2.26. The Kier molecular flexibility index (Phi) is 3.27. The van der Waals surface area contributed by atoms with Crippen LogP contribution in [0.15, 0.2) is 0 Å². The first kappa shape index (κ1) is 14.9. The normalized spacial score (nSPS) is 53.7. The van der Waals surface area contributed by atoms with E-state index in [1.807, 2.05) is 0 Å². The number of Topliss-reactive ketones (excluding diaryl/α,β-unsaturated/α-hetero) is 1. The number of nitrogens with zero attached hydrogens (tertiary/aromatic N) is 1. The van der Waals surface area contributed by atoms with Crippen LogP contribution in [-0.4, -0.2) is 48.2 Å². The third-order valence-electron chi connectivity index (χ3n) is 8.58. The Morgan fingerprint density at radius 1 is 1.00 bits per heavy atom. The van der Waals surface area contributed by atoms with E-state index in [9.17, 15) is 9.90 Å². The zero-order valence-corrected chi connectivity index (χ0v) is 14.4. The van der Waals surface area contributed by atoms with Gasteiger partial charge in [0.15, 0.2) is 5.78 Å². The molecule has 6 bridgehead atoms. The molecule has 3 nitrogen and oxygen atoms in total. The minimum Gasteiger partial charge on any atom is -0.396 e. The van der Waals surface area contributed by atoms with E-state index in [2.05, 4.69) is 0 Å². The van der Waals surface area contributed by atoms with Crippen molar-refractivity contribution in [3.05, 3.63) is 0 Å². The van der Waals surface area contributed by atoms with Gasteiger partial charge in [0.05, 0.1) is 26.2 Å². The van der Waals surface area contributed by atoms with Crippen molar-refractivity contribution in [2.75, 3.05) is 32.8 Å². The predicted octanol–water partition coefficient (Wildman–Crippen LogP) is 2.62. The number of fused-ring (bicyclic) bond motifs is 3. The fraction of sp³-hybridized carbons (Fsp3) is 0.950. The summed E-state index contributed by atoms with van der Waals surface area (Å²) in [6.45, 7) is 4.57. The second kappa shape index (κ2) is 5.05. The fourth-order valence-corrected chi connectivity index (χ4v) is 7.79. The molecule has 3 saturated heterocycles. The Balaban J connectivity index is 1.35. The zero-order chi connectivity index (χ0) is 15.7. The predicted molar refractivity (Wildman–Crippen MR) is 88.6 cm³/mol. The smallest absolute Gasteiger partial charge is 0.193 e. The van der Waals surface area contributed by atoms with Gasteiger partial charge in [-0.15, -0.1) is 0 Å². The Bertz CT molecular complexity index is 470. The van der Waals surface area contributed by atoms with Gasteiger partial charge < -0.3 is 9.59 Å². The fourth-order valence-electron chi connectivity index (χ4n) is 7.79. The van der Waals surface area contributed by atoms with Gasteiger partial charge in [0, 0.05) is 24.2 Å². The molecule has 4 saturated carbocycles. The number of carbonyl (C=O) groups excluding carboxylic acids is 1. The number of ketones is 1. The summed E-state index contributed by atoms with van der Waals surface area (Å²) >= 11 is 0. The van der Waals surface area contributed by atoms with Crippen molar-refractivity contribution in [3.63, 3.8) is 0 Å². The van der Waals surface area contributed by atoms with Crippen LogP contribution in [0.3, 0.4) is 0 Å². The molecule has 3 heteroatoms. The van der Waals surface area contributed by atoms with Gasteiger partial charge in [-0.05, 0) is 62.2 Å². The molecular weight excluding hydrogens is 286 g/mol. The Morgan fingerprint density at radius 2 is 1.57 bits per heavy atom. The van der Waals surface area contributed by atoms with Gasteiger partial charge in [-0.3, -0.25) is 4.79 Å². The third-order valence-corrected chi connectivity index (χ3v) is 8.58. The minimum absolute atomic E-state index is 0.0742. The summed E-state index contributed by atoms with van der Waals surface area (Å²) in [4.78, 5) is 13.5. The van der Waals surface area contributed by atoms with Crippen molar-refractivity contribution in [1.82, 2.24) is 0 Å². The first-order valence-electron chi connectivity index (χ1n) is 10.1. The molecule has 7 fully saturated rings. The molecular formula is C20H32NO2+. The Hall–Kier alpha value is -0.410. The highest BCUT2D eigenvalue weighted by Crippen LogP contribution is 2.60. The summed E-state index contributed by atoms with van der Waals surface area (Å²) in [7, 11) is 0. The molecule has 0 aromatic rings. The van der Waals surface area contributed by atoms with Crippen LogP contribution >= 0.6 is 0 Å². The summed E-state index contributed by atoms with van der Waals surface area (Å²) < 4.78 is 1.02. The van der Waals surface area contributed by atoms with E-state index < -0.39 is 0 Å². The number of aliphatic hydroxyl groups excluding tert-OH is 1. The maximum Gasteiger partial charge on any atom is 0.193 e. The molecule has 7 aliphatic rings. The van der Waals surface area contributed by atoms with Gasteiger partial charge in [-0.2, -0.15) is 0 Å². The summed E-state index contributed by atoms with van der Waals surface area (Å²) in [5.41, 5.74) is 0.0742. The summed E-state index contributed by atoms with van der Waals surface area (Å²) in [5, 5.41) is 9.70. The maximum atomic E-state index is 13.5. The van der Waals surface area contributed by atoms with Crippen molar-refractivity contribution in [3.8, 4) is 0 Å². The van der Waals surface area contributed by atoms with Crippen molar-refractivity contribution in [2.24, 2.45) is 35.0 Å². The molecule has 0 spiro atoms. The average molecular weight is 318 g/mol. The van der Waals surface area contributed by atoms with E-state index in [-0.39, 0.29) is 5.41 Å². The monoisotopic (exact) mass is 318 g/mol. The minimum atomic E-state index is 0.0742. The maximum absolute atomic E-state index is 13.5. The molecule has 3 aliphatic heterocycles. The topological polar surface area (TPSA) is 37.3 Å². The van der Waals surface area contributed by atoms with Crippen LogP contribution in [0.1, 0.15) is 51.4 Å². The van der Waals surface area contributed by atoms with Crippen LogP contribution in [0.2, 0.25) is 0 Å². The molecule has 1 atom stereocenters. The van der Waals surface area contributed by atoms with Crippen LogP contribution in [0.4, 0.5) is 0 Å². The quantitative estimate of drug-likeness (QED) is 0.809. The molecule has 23 heavy (non-hydrogen) atoms. The molecule has 7 rings (SSSR count). The van der Waals surface area contributed by atoms with E-state index in [1.54, 1.807) is 0 Å². The van der Waals surface area contributed by atoms with E-state index >= 15 is 0 Å². The number of piperidine rings is 3. The highest BCUT2D eigenvalue weighted by Gasteiger charge is 2.56. The molecule has 0 radical (unpaired) electrons. The van der Waals surface area contributed by atoms with Crippen molar-refractivity contribution < 1.29 is 14.4 Å². The molecule has 0 unspecified atom stereocenters. The van der Waals surface area contributed by atoms with Crippen molar-refractivity contribution in [2.45, 2.75) is 51.4 Å². The second-order valence-electron chi connectivity index (χ2n) is 10.0. The van der Waals surface area contributed by atoms with Crippen molar-refractivity contribution in [1.29, 1.82) is 0 Å². The van der Waals surface area contributed by atoms with Crippen LogP contribution in [0.25, 0.3) is 0 Å². The molecule has 0 amide bonds. The molecule has 128 valence electrons. The van der Waals surface area contributed by atoms with Crippen LogP contribution in [0.5, 0.6) is 0 Å². The van der Waals surface area contributed by atoms with Crippen molar-refractivity contribution >= 4 is 5.78 Å². The van der Waals surface area contributed by atoms with Crippen LogP contribution in [0, 0.1) is 35.0 Å². The number of hydrogen-bond donors (Lipinski definition) is 1. The first-order valence-corrected chi connectivity index (χ1v) is 10.1. The lowest BCUT2D eigenvalue weighted by Crippen LogP contribution is -2.65. The lowest BCUT2D eigenvalue weighted by atomic mass is 9.48. The number of quaternary nitrogens is 1. The molecule has 1 N–H and O–H groups in total. The molecule has 4 aliphatic carbocycles. The highest BCUT2D eigenvalue weighted by molar-refractivity contribution is 5.86. The number of hydrogen-bond acceptors (Lipinski definition) is 2. The second-order valence-corrected chi connectivity index (χ2v) is 10.0. The summed E-state index contributed by atoms with van der Waals surface area (Å²) in [6, 6.07) is 0. The molecule has 0 aromatic carbocycles. The SMILES string of the molecule is O=C(C[N+]12CCC(CC1)[C@H](CO)C2)C12CC3CC(CC(C3)C1)C2. The lowest BCUT2D eigenvalue weighted by molar-refractivity contribution is -0.940. The van der Waals surface area contributed by atoms with Gasteiger partial charge >= 0.3 is 0 Å². The standard InChI is InChI=1S/C20H32NO2/c22-13-18-11-21(3-1-17(18)2-4-21)12-19(23)20-8-14-5-15(9-20)7-16(6-14)10-20/h14-18,22H,1-13H2/q+1/t14?,15?,16?,17?,18-,20?,21?/m0/s1. The van der Waals surface area contributed by atoms with Gasteiger partial charge in [0.1, 0.15) is 6.54 Å². The van der Waals surface area contributed by atoms with Gasteiger partial charge in [-0.1, -0.05) is 0 Å². The van der Waals surface area contributed by atoms with E-state index in [1.165, 1.54) is 64.5 Å². The number of rotatable bonds is 4. The van der Waals surface area contributed by atoms with E-state index in [0.717, 1.165) is 41.2 Å². The first-order chi connectivity index (χ1) is 11.1. The summed E-state index contributed by atoms with van der Waals surface area (Å²) in [6.07, 6.45) is 10.4. The Labute approximate surface area is 140 Å². The lowest BCUT2D eigenvalue weighted by Gasteiger charge is -2.57. The average Bonchev–Trinajstić information content (AvgIpc) is 2.54. The van der Waals surface area contributed by atoms with Gasteiger partial charge in [-0.25, -0.2) is 0 Å². The Morgan fingerprint density at radius 3 is 2.09 bits per heavy atom. The largest absolute Gasteiger partial charge is 0.396 e. The van der Waals surface area contributed by atoms with Gasteiger partial charge in [0.25, 0.3) is 0 Å². The summed E-state index contributed by atoms with van der Waals surface area (Å²) in [5.74, 6) is 4.40.